The molecule has 2 aromatic rings. The minimum absolute atomic E-state index is 0.213. The first kappa shape index (κ1) is 16.0. The Bertz CT molecular complexity index is 674. The maximum absolute atomic E-state index is 11.7. The molecule has 112 valence electrons. The van der Waals surface area contributed by atoms with E-state index in [1.54, 1.807) is 25.3 Å². The fourth-order valence-corrected chi connectivity index (χ4v) is 2.07. The van der Waals surface area contributed by atoms with Gasteiger partial charge in [0.15, 0.2) is 0 Å². The zero-order chi connectivity index (χ0) is 15.2. The van der Waals surface area contributed by atoms with Gasteiger partial charge in [0.25, 0.3) is 5.56 Å². The van der Waals surface area contributed by atoms with Gasteiger partial charge in [0, 0.05) is 31.8 Å². The van der Waals surface area contributed by atoms with Crippen LogP contribution in [0, 0.1) is 0 Å². The number of aromatic nitrogens is 2. The summed E-state index contributed by atoms with van der Waals surface area (Å²) >= 11 is 11.9. The molecule has 21 heavy (non-hydrogen) atoms. The van der Waals surface area contributed by atoms with Gasteiger partial charge in [-0.1, -0.05) is 23.2 Å². The lowest BCUT2D eigenvalue weighted by molar-refractivity contribution is 0.199. The standard InChI is InChI=1S/C14H15Cl2N3O2/c1-21-5-4-17-8-10-7-13(20)19-14(18-10)9-2-3-11(15)12(16)6-9/h2-3,6-7,17H,4-5,8H2,1H3,(H,18,19,20). The molecule has 0 saturated heterocycles. The van der Waals surface area contributed by atoms with Crippen molar-refractivity contribution in [2.75, 3.05) is 20.3 Å². The summed E-state index contributed by atoms with van der Waals surface area (Å²) in [6, 6.07) is 6.56. The molecule has 0 saturated carbocycles. The molecule has 1 aromatic carbocycles. The second-order valence-corrected chi connectivity index (χ2v) is 5.20. The summed E-state index contributed by atoms with van der Waals surface area (Å²) in [6.45, 7) is 1.78. The molecule has 0 fully saturated rings. The molecule has 0 atom stereocenters. The lowest BCUT2D eigenvalue weighted by Gasteiger charge is -2.07. The van der Waals surface area contributed by atoms with E-state index in [0.29, 0.717) is 46.8 Å². The Labute approximate surface area is 132 Å². The summed E-state index contributed by atoms with van der Waals surface area (Å²) in [7, 11) is 1.63. The SMILES string of the molecule is COCCNCc1cc(=O)[nH]c(-c2ccc(Cl)c(Cl)c2)n1. The van der Waals surface area contributed by atoms with Crippen molar-refractivity contribution in [2.24, 2.45) is 0 Å². The van der Waals surface area contributed by atoms with Gasteiger partial charge in [-0.2, -0.15) is 0 Å². The first-order valence-corrected chi connectivity index (χ1v) is 7.11. The minimum Gasteiger partial charge on any atom is -0.383 e. The van der Waals surface area contributed by atoms with E-state index in [0.717, 1.165) is 0 Å². The van der Waals surface area contributed by atoms with E-state index in [-0.39, 0.29) is 5.56 Å². The summed E-state index contributed by atoms with van der Waals surface area (Å²) in [6.07, 6.45) is 0. The second kappa shape index (κ2) is 7.56. The van der Waals surface area contributed by atoms with Gasteiger partial charge in [-0.3, -0.25) is 4.79 Å². The lowest BCUT2D eigenvalue weighted by atomic mass is 10.2. The number of hydrogen-bond donors (Lipinski definition) is 2. The third kappa shape index (κ3) is 4.54. The first-order valence-electron chi connectivity index (χ1n) is 6.35. The van der Waals surface area contributed by atoms with Crippen LogP contribution in [0.1, 0.15) is 5.69 Å². The smallest absolute Gasteiger partial charge is 0.251 e. The molecular formula is C14H15Cl2N3O2. The molecule has 0 radical (unpaired) electrons. The fourth-order valence-electron chi connectivity index (χ4n) is 1.77. The summed E-state index contributed by atoms with van der Waals surface area (Å²) in [5, 5.41) is 4.02. The van der Waals surface area contributed by atoms with Crippen molar-refractivity contribution in [1.82, 2.24) is 15.3 Å². The maximum Gasteiger partial charge on any atom is 0.251 e. The normalized spacial score (nSPS) is 10.8. The monoisotopic (exact) mass is 327 g/mol. The maximum atomic E-state index is 11.7. The van der Waals surface area contributed by atoms with Gasteiger partial charge in [-0.15, -0.1) is 0 Å². The van der Waals surface area contributed by atoms with Crippen LogP contribution in [0.15, 0.2) is 29.1 Å². The molecule has 7 heteroatoms. The zero-order valence-electron chi connectivity index (χ0n) is 11.5. The minimum atomic E-state index is -0.213. The van der Waals surface area contributed by atoms with Crippen LogP contribution in [-0.4, -0.2) is 30.2 Å². The van der Waals surface area contributed by atoms with Gasteiger partial charge in [-0.05, 0) is 18.2 Å². The van der Waals surface area contributed by atoms with E-state index >= 15 is 0 Å². The van der Waals surface area contributed by atoms with E-state index in [4.69, 9.17) is 27.9 Å². The van der Waals surface area contributed by atoms with E-state index in [2.05, 4.69) is 15.3 Å². The highest BCUT2D eigenvalue weighted by Gasteiger charge is 2.06. The number of ether oxygens (including phenoxy) is 1. The number of H-pyrrole nitrogens is 1. The van der Waals surface area contributed by atoms with E-state index in [9.17, 15) is 4.79 Å². The van der Waals surface area contributed by atoms with Crippen molar-refractivity contribution >= 4 is 23.2 Å². The van der Waals surface area contributed by atoms with E-state index in [1.165, 1.54) is 6.07 Å². The number of methoxy groups -OCH3 is 1. The molecule has 2 N–H and O–H groups in total. The molecule has 2 rings (SSSR count). The second-order valence-electron chi connectivity index (χ2n) is 4.38. The Morgan fingerprint density at radius 2 is 2.10 bits per heavy atom. The molecule has 0 spiro atoms. The Kier molecular flexibility index (Phi) is 5.76. The molecule has 0 aliphatic heterocycles. The van der Waals surface area contributed by atoms with Crippen LogP contribution in [0.3, 0.4) is 0 Å². The van der Waals surface area contributed by atoms with E-state index < -0.39 is 0 Å². The Morgan fingerprint density at radius 3 is 2.81 bits per heavy atom. The average molecular weight is 328 g/mol. The number of rotatable bonds is 6. The third-order valence-corrected chi connectivity index (χ3v) is 3.52. The van der Waals surface area contributed by atoms with Crippen LogP contribution in [0.4, 0.5) is 0 Å². The molecule has 0 bridgehead atoms. The van der Waals surface area contributed by atoms with Crippen molar-refractivity contribution in [2.45, 2.75) is 6.54 Å². The summed E-state index contributed by atoms with van der Waals surface area (Å²) in [4.78, 5) is 18.8. The van der Waals surface area contributed by atoms with Crippen LogP contribution in [-0.2, 0) is 11.3 Å². The molecule has 0 aliphatic rings. The van der Waals surface area contributed by atoms with Gasteiger partial charge < -0.3 is 15.0 Å². The largest absolute Gasteiger partial charge is 0.383 e. The van der Waals surface area contributed by atoms with Gasteiger partial charge in [0.2, 0.25) is 0 Å². The lowest BCUT2D eigenvalue weighted by Crippen LogP contribution is -2.21. The van der Waals surface area contributed by atoms with Crippen LogP contribution in [0.2, 0.25) is 10.0 Å². The fraction of sp³-hybridized carbons (Fsp3) is 0.286. The molecule has 1 heterocycles. The highest BCUT2D eigenvalue weighted by molar-refractivity contribution is 6.42. The molecule has 0 unspecified atom stereocenters. The highest BCUT2D eigenvalue weighted by atomic mass is 35.5. The van der Waals surface area contributed by atoms with Crippen LogP contribution in [0.25, 0.3) is 11.4 Å². The topological polar surface area (TPSA) is 67.0 Å². The van der Waals surface area contributed by atoms with Gasteiger partial charge in [-0.25, -0.2) is 4.98 Å². The number of halogens is 2. The molecule has 1 aromatic heterocycles. The first-order chi connectivity index (χ1) is 10.1. The van der Waals surface area contributed by atoms with Crippen LogP contribution < -0.4 is 10.9 Å². The predicted octanol–water partition coefficient (Wildman–Crippen LogP) is 2.48. The third-order valence-electron chi connectivity index (χ3n) is 2.78. The predicted molar refractivity (Wildman–Crippen MR) is 83.9 cm³/mol. The molecular weight excluding hydrogens is 313 g/mol. The van der Waals surface area contributed by atoms with Gasteiger partial charge >= 0.3 is 0 Å². The molecule has 0 aliphatic carbocycles. The van der Waals surface area contributed by atoms with Crippen molar-refractivity contribution in [1.29, 1.82) is 0 Å². The number of aromatic amines is 1. The number of nitrogens with one attached hydrogen (secondary N) is 2. The van der Waals surface area contributed by atoms with Crippen LogP contribution in [0.5, 0.6) is 0 Å². The summed E-state index contributed by atoms with van der Waals surface area (Å²) in [5.41, 5.74) is 1.14. The van der Waals surface area contributed by atoms with Gasteiger partial charge in [0.1, 0.15) is 5.82 Å². The Hall–Kier alpha value is -1.40. The van der Waals surface area contributed by atoms with Crippen molar-refractivity contribution in [3.63, 3.8) is 0 Å². The molecule has 0 amide bonds. The van der Waals surface area contributed by atoms with E-state index in [1.807, 2.05) is 0 Å². The Balaban J connectivity index is 2.21. The number of hydrogen-bond acceptors (Lipinski definition) is 4. The highest BCUT2D eigenvalue weighted by Crippen LogP contribution is 2.26. The van der Waals surface area contributed by atoms with Crippen molar-refractivity contribution < 1.29 is 4.74 Å². The summed E-state index contributed by atoms with van der Waals surface area (Å²) < 4.78 is 4.94. The summed E-state index contributed by atoms with van der Waals surface area (Å²) in [5.74, 6) is 0.463. The van der Waals surface area contributed by atoms with Crippen molar-refractivity contribution in [3.05, 3.63) is 50.4 Å². The quantitative estimate of drug-likeness (QED) is 0.800. The number of nitrogens with zero attached hydrogens (tertiary/aromatic N) is 1. The molecule has 5 nitrogen and oxygen atoms in total. The Morgan fingerprint density at radius 1 is 1.29 bits per heavy atom. The van der Waals surface area contributed by atoms with Crippen LogP contribution >= 0.6 is 23.2 Å². The average Bonchev–Trinajstić information content (AvgIpc) is 2.46. The van der Waals surface area contributed by atoms with Crippen molar-refractivity contribution in [3.8, 4) is 11.4 Å². The zero-order valence-corrected chi connectivity index (χ0v) is 13.0. The number of benzene rings is 1. The van der Waals surface area contributed by atoms with Gasteiger partial charge in [0.05, 0.1) is 22.3 Å².